The third kappa shape index (κ3) is 3.48. The van der Waals surface area contributed by atoms with E-state index in [-0.39, 0.29) is 0 Å². The summed E-state index contributed by atoms with van der Waals surface area (Å²) in [4.78, 5) is 0. The Morgan fingerprint density at radius 1 is 0.500 bits per heavy atom. The fraction of sp³-hybridized carbons (Fsp3) is 0. The predicted octanol–water partition coefficient (Wildman–Crippen LogP) is 10.4. The largest absolute Gasteiger partial charge is 0.309 e. The second-order valence-electron chi connectivity index (χ2n) is 10.1. The minimum Gasteiger partial charge on any atom is -0.309 e. The summed E-state index contributed by atoms with van der Waals surface area (Å²) < 4.78 is 4.96. The highest BCUT2D eigenvalue weighted by molar-refractivity contribution is 7.25. The van der Waals surface area contributed by atoms with E-state index < -0.39 is 0 Å². The van der Waals surface area contributed by atoms with Gasteiger partial charge >= 0.3 is 0 Å². The Kier molecular flexibility index (Phi) is 5.10. The van der Waals surface area contributed by atoms with Crippen LogP contribution in [-0.2, 0) is 0 Å². The van der Waals surface area contributed by atoms with Crippen LogP contribution < -0.4 is 0 Å². The van der Waals surface area contributed by atoms with Gasteiger partial charge in [-0.25, -0.2) is 0 Å². The molecule has 0 amide bonds. The van der Waals surface area contributed by atoms with Crippen molar-refractivity contribution in [3.63, 3.8) is 0 Å². The van der Waals surface area contributed by atoms with Crippen molar-refractivity contribution in [2.24, 2.45) is 0 Å². The normalized spacial score (nSPS) is 11.5. The highest BCUT2D eigenvalue weighted by Gasteiger charge is 2.16. The molecule has 0 radical (unpaired) electrons. The number of rotatable bonds is 3. The number of nitriles is 1. The summed E-state index contributed by atoms with van der Waals surface area (Å²) in [5.74, 6) is 0. The SMILES string of the molecule is N#Cc1ccc(-c2ccc3sc4ccc(-c5ccccc5-n5c6ccccc6c6ccccc65)cc4c3c2)cc1. The lowest BCUT2D eigenvalue weighted by molar-refractivity contribution is 1.18. The standard InChI is InChI=1S/C37H22N2S/c38-23-24-13-15-25(16-14-24)26-17-19-36-31(21-26)32-22-27(18-20-37(32)40-36)28-7-1-4-10-33(28)39-34-11-5-2-8-29(34)30-9-3-6-12-35(30)39/h1-22H. The minimum absolute atomic E-state index is 0.678. The van der Waals surface area contributed by atoms with Crippen LogP contribution in [0, 0.1) is 11.3 Å². The van der Waals surface area contributed by atoms with Crippen molar-refractivity contribution in [1.29, 1.82) is 5.26 Å². The Morgan fingerprint density at radius 3 is 1.73 bits per heavy atom. The van der Waals surface area contributed by atoms with Gasteiger partial charge < -0.3 is 4.57 Å². The van der Waals surface area contributed by atoms with Crippen molar-refractivity contribution >= 4 is 53.3 Å². The van der Waals surface area contributed by atoms with Crippen LogP contribution in [0.2, 0.25) is 0 Å². The summed E-state index contributed by atoms with van der Waals surface area (Å²) in [6, 6.07) is 49.7. The molecule has 0 saturated carbocycles. The van der Waals surface area contributed by atoms with Crippen molar-refractivity contribution in [2.45, 2.75) is 0 Å². The van der Waals surface area contributed by atoms with Gasteiger partial charge in [0.25, 0.3) is 0 Å². The molecule has 6 aromatic carbocycles. The van der Waals surface area contributed by atoms with Crippen molar-refractivity contribution < 1.29 is 0 Å². The molecule has 186 valence electrons. The Labute approximate surface area is 235 Å². The number of thiophene rings is 1. The predicted molar refractivity (Wildman–Crippen MR) is 169 cm³/mol. The molecule has 0 N–H and O–H groups in total. The molecule has 0 aliphatic rings. The second kappa shape index (κ2) is 8.95. The lowest BCUT2D eigenvalue weighted by atomic mass is 9.99. The Bertz CT molecular complexity index is 2220. The molecule has 0 spiro atoms. The zero-order chi connectivity index (χ0) is 26.6. The van der Waals surface area contributed by atoms with Crippen LogP contribution in [-0.4, -0.2) is 4.57 Å². The summed E-state index contributed by atoms with van der Waals surface area (Å²) in [7, 11) is 0. The van der Waals surface area contributed by atoms with E-state index in [4.69, 9.17) is 0 Å². The van der Waals surface area contributed by atoms with Gasteiger partial charge in [0, 0.05) is 36.5 Å². The van der Waals surface area contributed by atoms with E-state index in [9.17, 15) is 5.26 Å². The molecule has 0 unspecified atom stereocenters. The smallest absolute Gasteiger partial charge is 0.0991 e. The Morgan fingerprint density at radius 2 is 1.05 bits per heavy atom. The first-order valence-corrected chi connectivity index (χ1v) is 14.1. The molecular formula is C37H22N2S. The maximum atomic E-state index is 9.18. The first kappa shape index (κ1) is 22.8. The van der Waals surface area contributed by atoms with E-state index in [0.29, 0.717) is 5.56 Å². The van der Waals surface area contributed by atoms with Gasteiger partial charge in [-0.15, -0.1) is 11.3 Å². The number of nitrogens with zero attached hydrogens (tertiary/aromatic N) is 2. The van der Waals surface area contributed by atoms with Gasteiger partial charge in [0.1, 0.15) is 0 Å². The average Bonchev–Trinajstić information content (AvgIpc) is 3.56. The minimum atomic E-state index is 0.678. The van der Waals surface area contributed by atoms with Crippen LogP contribution in [0.3, 0.4) is 0 Å². The monoisotopic (exact) mass is 526 g/mol. The van der Waals surface area contributed by atoms with E-state index in [1.807, 2.05) is 35.6 Å². The van der Waals surface area contributed by atoms with Crippen LogP contribution >= 0.6 is 11.3 Å². The first-order valence-electron chi connectivity index (χ1n) is 13.3. The maximum absolute atomic E-state index is 9.18. The van der Waals surface area contributed by atoms with Crippen molar-refractivity contribution in [3.05, 3.63) is 139 Å². The highest BCUT2D eigenvalue weighted by Crippen LogP contribution is 2.41. The third-order valence-electron chi connectivity index (χ3n) is 7.85. The van der Waals surface area contributed by atoms with Gasteiger partial charge in [-0.05, 0) is 71.3 Å². The van der Waals surface area contributed by atoms with Gasteiger partial charge in [-0.1, -0.05) is 78.9 Å². The van der Waals surface area contributed by atoms with Crippen LogP contribution in [0.25, 0.3) is 69.9 Å². The molecule has 8 rings (SSSR count). The molecule has 8 aromatic rings. The first-order chi connectivity index (χ1) is 19.8. The van der Waals surface area contributed by atoms with E-state index in [1.165, 1.54) is 58.8 Å². The van der Waals surface area contributed by atoms with Crippen molar-refractivity contribution in [3.8, 4) is 34.0 Å². The molecule has 3 heteroatoms. The molecule has 0 saturated heterocycles. The topological polar surface area (TPSA) is 28.7 Å². The number of fused-ring (bicyclic) bond motifs is 6. The van der Waals surface area contributed by atoms with Gasteiger partial charge in [0.05, 0.1) is 28.4 Å². The number of hydrogen-bond donors (Lipinski definition) is 0. The molecule has 2 aromatic heterocycles. The molecule has 0 atom stereocenters. The third-order valence-corrected chi connectivity index (χ3v) is 9.00. The van der Waals surface area contributed by atoms with Crippen LogP contribution in [0.1, 0.15) is 5.56 Å². The van der Waals surface area contributed by atoms with E-state index in [0.717, 1.165) is 11.1 Å². The van der Waals surface area contributed by atoms with Crippen molar-refractivity contribution in [2.75, 3.05) is 0 Å². The van der Waals surface area contributed by atoms with Crippen LogP contribution in [0.15, 0.2) is 133 Å². The Balaban J connectivity index is 1.33. The molecule has 0 aliphatic carbocycles. The molecule has 40 heavy (non-hydrogen) atoms. The summed E-state index contributed by atoms with van der Waals surface area (Å²) >= 11 is 1.83. The van der Waals surface area contributed by atoms with E-state index in [1.54, 1.807) is 0 Å². The second-order valence-corrected chi connectivity index (χ2v) is 11.2. The van der Waals surface area contributed by atoms with Gasteiger partial charge in [0.15, 0.2) is 0 Å². The summed E-state index contributed by atoms with van der Waals surface area (Å²) in [5, 5.41) is 14.2. The van der Waals surface area contributed by atoms with E-state index in [2.05, 4.69) is 120 Å². The number of hydrogen-bond acceptors (Lipinski definition) is 2. The average molecular weight is 527 g/mol. The molecule has 0 aliphatic heterocycles. The lowest BCUT2D eigenvalue weighted by Crippen LogP contribution is -1.96. The summed E-state index contributed by atoms with van der Waals surface area (Å²) in [6.45, 7) is 0. The number of para-hydroxylation sites is 3. The lowest BCUT2D eigenvalue weighted by Gasteiger charge is -2.14. The highest BCUT2D eigenvalue weighted by atomic mass is 32.1. The molecule has 2 nitrogen and oxygen atoms in total. The van der Waals surface area contributed by atoms with Crippen LogP contribution in [0.4, 0.5) is 0 Å². The van der Waals surface area contributed by atoms with Gasteiger partial charge in [0.2, 0.25) is 0 Å². The molecular weight excluding hydrogens is 504 g/mol. The van der Waals surface area contributed by atoms with Gasteiger partial charge in [-0.2, -0.15) is 5.26 Å². The van der Waals surface area contributed by atoms with Gasteiger partial charge in [-0.3, -0.25) is 0 Å². The maximum Gasteiger partial charge on any atom is 0.0991 e. The summed E-state index contributed by atoms with van der Waals surface area (Å²) in [5.41, 5.74) is 8.97. The van der Waals surface area contributed by atoms with Crippen LogP contribution in [0.5, 0.6) is 0 Å². The molecule has 2 heterocycles. The molecule has 0 fully saturated rings. The fourth-order valence-corrected chi connectivity index (χ4v) is 7.02. The zero-order valence-electron chi connectivity index (χ0n) is 21.5. The fourth-order valence-electron chi connectivity index (χ4n) is 5.96. The quantitative estimate of drug-likeness (QED) is 0.225. The number of aromatic nitrogens is 1. The number of benzene rings is 6. The molecule has 0 bridgehead atoms. The van der Waals surface area contributed by atoms with E-state index >= 15 is 0 Å². The Hall–Kier alpha value is -5.17. The van der Waals surface area contributed by atoms with Crippen molar-refractivity contribution in [1.82, 2.24) is 4.57 Å². The summed E-state index contributed by atoms with van der Waals surface area (Å²) in [6.07, 6.45) is 0. The zero-order valence-corrected chi connectivity index (χ0v) is 22.3.